The van der Waals surface area contributed by atoms with Crippen LogP contribution in [0.2, 0.25) is 0 Å². The van der Waals surface area contributed by atoms with E-state index in [2.05, 4.69) is 4.98 Å². The van der Waals surface area contributed by atoms with Crippen LogP contribution in [-0.2, 0) is 0 Å². The van der Waals surface area contributed by atoms with Crippen LogP contribution >= 0.6 is 11.6 Å². The lowest BCUT2D eigenvalue weighted by atomic mass is 10.2. The summed E-state index contributed by atoms with van der Waals surface area (Å²) in [6.45, 7) is 0. The van der Waals surface area contributed by atoms with Gasteiger partial charge in [-0.1, -0.05) is 11.6 Å². The van der Waals surface area contributed by atoms with Crippen LogP contribution in [0.5, 0.6) is 11.5 Å². The number of pyridine rings is 1. The van der Waals surface area contributed by atoms with Crippen LogP contribution in [0.3, 0.4) is 0 Å². The fourth-order valence-corrected chi connectivity index (χ4v) is 1.57. The molecule has 0 aliphatic rings. The second kappa shape index (κ2) is 4.36. The van der Waals surface area contributed by atoms with Gasteiger partial charge in [0, 0.05) is 23.7 Å². The fourth-order valence-electron chi connectivity index (χ4n) is 1.44. The Morgan fingerprint density at radius 1 is 1.40 bits per heavy atom. The molecule has 0 saturated heterocycles. The highest BCUT2D eigenvalue weighted by Crippen LogP contribution is 2.29. The molecule has 0 aliphatic carbocycles. The minimum absolute atomic E-state index is 0.113. The van der Waals surface area contributed by atoms with Crippen molar-refractivity contribution in [3.8, 4) is 11.5 Å². The molecular weight excluding hydrogens is 214 g/mol. The van der Waals surface area contributed by atoms with Gasteiger partial charge in [-0.25, -0.2) is 0 Å². The topological polar surface area (TPSA) is 31.4 Å². The number of rotatable bonds is 3. The number of benzene rings is 1. The molecule has 0 atom stereocenters. The summed E-state index contributed by atoms with van der Waals surface area (Å²) < 4.78 is 10.5. The van der Waals surface area contributed by atoms with E-state index in [1.54, 1.807) is 19.4 Å². The molecule has 0 radical (unpaired) electrons. The summed E-state index contributed by atoms with van der Waals surface area (Å²) in [5, 5.41) is 0.960. The van der Waals surface area contributed by atoms with Crippen LogP contribution in [0, 0.1) is 0 Å². The molecule has 15 heavy (non-hydrogen) atoms. The molecule has 3 nitrogen and oxygen atoms in total. The summed E-state index contributed by atoms with van der Waals surface area (Å²) in [4.78, 5) is 4.23. The van der Waals surface area contributed by atoms with Crippen molar-refractivity contribution in [2.75, 3.05) is 13.2 Å². The van der Waals surface area contributed by atoms with Gasteiger partial charge in [0.15, 0.2) is 6.07 Å². The van der Waals surface area contributed by atoms with Crippen molar-refractivity contribution in [2.24, 2.45) is 0 Å². The molecule has 0 N–H and O–H groups in total. The zero-order valence-corrected chi connectivity index (χ0v) is 8.99. The first-order valence-corrected chi connectivity index (χ1v) is 5.00. The molecule has 0 bridgehead atoms. The van der Waals surface area contributed by atoms with Crippen molar-refractivity contribution in [3.05, 3.63) is 30.5 Å². The number of halogens is 1. The number of fused-ring (bicyclic) bond motifs is 1. The third kappa shape index (κ3) is 1.97. The van der Waals surface area contributed by atoms with Gasteiger partial charge in [0.1, 0.15) is 11.5 Å². The summed E-state index contributed by atoms with van der Waals surface area (Å²) in [5.41, 5.74) is 0.831. The summed E-state index contributed by atoms with van der Waals surface area (Å²) >= 11 is 5.50. The van der Waals surface area contributed by atoms with Crippen molar-refractivity contribution in [1.29, 1.82) is 0 Å². The molecule has 0 amide bonds. The van der Waals surface area contributed by atoms with Gasteiger partial charge in [0.2, 0.25) is 0 Å². The van der Waals surface area contributed by atoms with Gasteiger partial charge in [0.05, 0.1) is 12.6 Å². The number of alkyl halides is 1. The van der Waals surface area contributed by atoms with Crippen molar-refractivity contribution in [3.63, 3.8) is 0 Å². The molecule has 0 unspecified atom stereocenters. The minimum Gasteiger partial charge on any atom is -0.496 e. The maximum Gasteiger partial charge on any atom is 0.162 e. The summed E-state index contributed by atoms with van der Waals surface area (Å²) in [6, 6.07) is 7.56. The normalized spacial score (nSPS) is 10.3. The monoisotopic (exact) mass is 223 g/mol. The average molecular weight is 224 g/mol. The largest absolute Gasteiger partial charge is 0.496 e. The molecule has 2 rings (SSSR count). The molecule has 0 saturated carbocycles. The number of nitrogens with zero attached hydrogens (tertiary/aromatic N) is 1. The first-order valence-electron chi connectivity index (χ1n) is 4.46. The van der Waals surface area contributed by atoms with Crippen LogP contribution in [-0.4, -0.2) is 18.2 Å². The average Bonchev–Trinajstić information content (AvgIpc) is 2.28. The second-order valence-corrected chi connectivity index (χ2v) is 3.17. The van der Waals surface area contributed by atoms with E-state index in [0.717, 1.165) is 16.7 Å². The van der Waals surface area contributed by atoms with Gasteiger partial charge in [-0.15, -0.1) is 0 Å². The van der Waals surface area contributed by atoms with E-state index in [0.29, 0.717) is 5.75 Å². The lowest BCUT2D eigenvalue weighted by Gasteiger charge is -2.08. The van der Waals surface area contributed by atoms with E-state index in [9.17, 15) is 0 Å². The van der Waals surface area contributed by atoms with Crippen molar-refractivity contribution in [1.82, 2.24) is 4.98 Å². The Kier molecular flexibility index (Phi) is 2.92. The molecule has 78 valence electrons. The highest BCUT2D eigenvalue weighted by molar-refractivity contribution is 6.17. The first kappa shape index (κ1) is 10.1. The predicted octanol–water partition coefficient (Wildman–Crippen LogP) is 2.82. The Morgan fingerprint density at radius 2 is 2.27 bits per heavy atom. The van der Waals surface area contributed by atoms with Crippen LogP contribution in [0.4, 0.5) is 0 Å². The van der Waals surface area contributed by atoms with E-state index in [1.807, 2.05) is 18.2 Å². The smallest absolute Gasteiger partial charge is 0.162 e. The molecule has 1 heterocycles. The standard InChI is InChI=1S/C11H10ClNO2/c1-14-11-6-8(15-7-12)5-10-9(11)3-2-4-13-10/h2-6H,7H2,1H3. The summed E-state index contributed by atoms with van der Waals surface area (Å²) in [7, 11) is 1.62. The number of hydrogen-bond donors (Lipinski definition) is 0. The number of ether oxygens (including phenoxy) is 2. The van der Waals surface area contributed by atoms with Gasteiger partial charge in [-0.3, -0.25) is 4.98 Å². The number of methoxy groups -OCH3 is 1. The van der Waals surface area contributed by atoms with E-state index >= 15 is 0 Å². The Morgan fingerprint density at radius 3 is 3.00 bits per heavy atom. The van der Waals surface area contributed by atoms with Gasteiger partial charge in [-0.05, 0) is 12.1 Å². The quantitative estimate of drug-likeness (QED) is 0.750. The molecule has 0 spiro atoms. The number of aromatic nitrogens is 1. The molecular formula is C11H10ClNO2. The lowest BCUT2D eigenvalue weighted by molar-refractivity contribution is 0.379. The van der Waals surface area contributed by atoms with Crippen LogP contribution in [0.15, 0.2) is 30.5 Å². The molecule has 1 aromatic heterocycles. The maximum atomic E-state index is 5.50. The Labute approximate surface area is 92.6 Å². The summed E-state index contributed by atoms with van der Waals surface area (Å²) in [6.07, 6.45) is 1.73. The highest BCUT2D eigenvalue weighted by atomic mass is 35.5. The van der Waals surface area contributed by atoms with Gasteiger partial charge in [0.25, 0.3) is 0 Å². The second-order valence-electron chi connectivity index (χ2n) is 2.95. The van der Waals surface area contributed by atoms with Crippen LogP contribution in [0.25, 0.3) is 10.9 Å². The van der Waals surface area contributed by atoms with Crippen molar-refractivity contribution < 1.29 is 9.47 Å². The lowest BCUT2D eigenvalue weighted by Crippen LogP contribution is -1.92. The molecule has 0 fully saturated rings. The first-order chi connectivity index (χ1) is 7.35. The molecule has 2 aromatic rings. The van der Waals surface area contributed by atoms with Crippen molar-refractivity contribution in [2.45, 2.75) is 0 Å². The van der Waals surface area contributed by atoms with Crippen molar-refractivity contribution >= 4 is 22.5 Å². The molecule has 0 aliphatic heterocycles. The molecule has 4 heteroatoms. The third-order valence-electron chi connectivity index (χ3n) is 2.10. The maximum absolute atomic E-state index is 5.50. The summed E-state index contributed by atoms with van der Waals surface area (Å²) in [5.74, 6) is 1.40. The Balaban J connectivity index is 2.60. The van der Waals surface area contributed by atoms with Gasteiger partial charge < -0.3 is 9.47 Å². The van der Waals surface area contributed by atoms with Crippen LogP contribution in [0.1, 0.15) is 0 Å². The Bertz CT molecular complexity index is 473. The third-order valence-corrected chi connectivity index (χ3v) is 2.21. The number of hydrogen-bond acceptors (Lipinski definition) is 3. The SMILES string of the molecule is COc1cc(OCCl)cc2ncccc12. The minimum atomic E-state index is 0.113. The molecule has 1 aromatic carbocycles. The zero-order valence-electron chi connectivity index (χ0n) is 8.24. The van der Waals surface area contributed by atoms with E-state index < -0.39 is 0 Å². The van der Waals surface area contributed by atoms with E-state index in [1.165, 1.54) is 0 Å². The Hall–Kier alpha value is -1.48. The fraction of sp³-hybridized carbons (Fsp3) is 0.182. The van der Waals surface area contributed by atoms with E-state index in [4.69, 9.17) is 21.1 Å². The van der Waals surface area contributed by atoms with E-state index in [-0.39, 0.29) is 6.07 Å². The van der Waals surface area contributed by atoms with Gasteiger partial charge >= 0.3 is 0 Å². The van der Waals surface area contributed by atoms with Gasteiger partial charge in [-0.2, -0.15) is 0 Å². The predicted molar refractivity (Wildman–Crippen MR) is 59.6 cm³/mol. The zero-order chi connectivity index (χ0) is 10.7. The highest BCUT2D eigenvalue weighted by Gasteiger charge is 2.05. The van der Waals surface area contributed by atoms with Crippen LogP contribution < -0.4 is 9.47 Å².